The maximum absolute atomic E-state index is 12.0. The van der Waals surface area contributed by atoms with Crippen LogP contribution in [0.1, 0.15) is 64.8 Å². The molecule has 1 fully saturated rings. The van der Waals surface area contributed by atoms with Crippen molar-refractivity contribution in [2.75, 3.05) is 19.8 Å². The summed E-state index contributed by atoms with van der Waals surface area (Å²) in [7, 11) is 0. The molecule has 0 aromatic carbocycles. The Balaban J connectivity index is 1.42. The Hall–Kier alpha value is -3.50. The highest BCUT2D eigenvalue weighted by Crippen LogP contribution is 2.26. The van der Waals surface area contributed by atoms with E-state index in [1.807, 2.05) is 27.7 Å². The van der Waals surface area contributed by atoms with Gasteiger partial charge in [0.15, 0.2) is 0 Å². The number of rotatable bonds is 8. The minimum atomic E-state index is -0.671. The van der Waals surface area contributed by atoms with Crippen molar-refractivity contribution in [3.8, 4) is 5.75 Å². The van der Waals surface area contributed by atoms with Gasteiger partial charge in [-0.2, -0.15) is 0 Å². The molecule has 3 aliphatic heterocycles. The summed E-state index contributed by atoms with van der Waals surface area (Å²) in [6, 6.07) is 3.43. The number of hydrogen-bond acceptors (Lipinski definition) is 10. The molecule has 11 nitrogen and oxygen atoms in total. The van der Waals surface area contributed by atoms with Crippen LogP contribution in [-0.2, 0) is 28.7 Å². The van der Waals surface area contributed by atoms with Crippen LogP contribution in [0.25, 0.3) is 0 Å². The van der Waals surface area contributed by atoms with E-state index in [-0.39, 0.29) is 36.9 Å². The first kappa shape index (κ1) is 23.7. The molecule has 0 bridgehead atoms. The maximum Gasteiger partial charge on any atom is 0.333 e. The number of nitrogens with zero attached hydrogens (tertiary/aromatic N) is 4. The van der Waals surface area contributed by atoms with Crippen LogP contribution < -0.4 is 4.74 Å². The quantitative estimate of drug-likeness (QED) is 0.415. The average molecular weight is 472 g/mol. The van der Waals surface area contributed by atoms with Crippen LogP contribution in [0.5, 0.6) is 5.75 Å². The lowest BCUT2D eigenvalue weighted by Gasteiger charge is -2.13. The molecule has 1 aromatic rings. The summed E-state index contributed by atoms with van der Waals surface area (Å²) < 4.78 is 17.3. The molecule has 0 spiro atoms. The molecule has 0 saturated carbocycles. The predicted molar refractivity (Wildman–Crippen MR) is 119 cm³/mol. The van der Waals surface area contributed by atoms with Crippen molar-refractivity contribution < 1.29 is 33.4 Å². The molecule has 0 N–H and O–H groups in total. The van der Waals surface area contributed by atoms with Crippen molar-refractivity contribution in [1.82, 2.24) is 10.0 Å². The fourth-order valence-electron chi connectivity index (χ4n) is 3.45. The summed E-state index contributed by atoms with van der Waals surface area (Å²) in [6.07, 6.45) is 0.410. The number of ether oxygens (including phenoxy) is 3. The monoisotopic (exact) mass is 472 g/mol. The van der Waals surface area contributed by atoms with Gasteiger partial charge in [0.05, 0.1) is 24.1 Å². The topological polar surface area (TPSA) is 129 Å². The molecule has 3 aliphatic rings. The first-order valence-electron chi connectivity index (χ1n) is 11.2. The van der Waals surface area contributed by atoms with Gasteiger partial charge in [-0.05, 0) is 34.1 Å². The van der Waals surface area contributed by atoms with Crippen molar-refractivity contribution >= 4 is 29.6 Å². The van der Waals surface area contributed by atoms with Gasteiger partial charge < -0.3 is 19.0 Å². The zero-order valence-electron chi connectivity index (χ0n) is 19.8. The molecule has 0 radical (unpaired) electrons. The summed E-state index contributed by atoms with van der Waals surface area (Å²) in [5.41, 5.74) is 0.297. The standard InChI is InChI=1S/C23H28N4O7/c1-22(2)12-32-20(25-22)15-10-14(11-16(24-15)21-26-23(3,4)13-33-21)31-9-5-6-19(30)34-27-17(28)7-8-18(27)29/h10-11H,5-9,12-13H2,1-4H3. The van der Waals surface area contributed by atoms with Crippen molar-refractivity contribution in [1.29, 1.82) is 0 Å². The highest BCUT2D eigenvalue weighted by Gasteiger charge is 2.33. The Morgan fingerprint density at radius 3 is 1.97 bits per heavy atom. The van der Waals surface area contributed by atoms with Crippen LogP contribution in [0, 0.1) is 0 Å². The van der Waals surface area contributed by atoms with Gasteiger partial charge in [-0.15, -0.1) is 5.06 Å². The van der Waals surface area contributed by atoms with Crippen molar-refractivity contribution in [2.45, 2.75) is 64.5 Å². The van der Waals surface area contributed by atoms with E-state index in [0.29, 0.717) is 53.6 Å². The third-order valence-corrected chi connectivity index (χ3v) is 5.16. The first-order valence-corrected chi connectivity index (χ1v) is 11.2. The van der Waals surface area contributed by atoms with E-state index in [1.165, 1.54) is 0 Å². The minimum absolute atomic E-state index is 0.0180. The maximum atomic E-state index is 12.0. The predicted octanol–water partition coefficient (Wildman–Crippen LogP) is 1.96. The fourth-order valence-corrected chi connectivity index (χ4v) is 3.45. The lowest BCUT2D eigenvalue weighted by Crippen LogP contribution is -2.32. The molecular formula is C23H28N4O7. The van der Waals surface area contributed by atoms with Gasteiger partial charge in [-0.1, -0.05) is 0 Å². The lowest BCUT2D eigenvalue weighted by atomic mass is 10.1. The largest absolute Gasteiger partial charge is 0.493 e. The highest BCUT2D eigenvalue weighted by molar-refractivity contribution is 6.01. The van der Waals surface area contributed by atoms with Gasteiger partial charge in [0.25, 0.3) is 11.8 Å². The second kappa shape index (κ2) is 9.03. The molecule has 11 heteroatoms. The highest BCUT2D eigenvalue weighted by atomic mass is 16.7. The third-order valence-electron chi connectivity index (χ3n) is 5.16. The minimum Gasteiger partial charge on any atom is -0.493 e. The Bertz CT molecular complexity index is 1010. The molecule has 4 rings (SSSR count). The number of amides is 2. The summed E-state index contributed by atoms with van der Waals surface area (Å²) >= 11 is 0. The Morgan fingerprint density at radius 1 is 0.971 bits per heavy atom. The van der Waals surface area contributed by atoms with Crippen LogP contribution in [0.4, 0.5) is 0 Å². The molecule has 2 amide bonds. The second-order valence-corrected chi connectivity index (χ2v) is 9.61. The fraction of sp³-hybridized carbons (Fsp3) is 0.565. The van der Waals surface area contributed by atoms with E-state index >= 15 is 0 Å². The van der Waals surface area contributed by atoms with Gasteiger partial charge in [-0.3, -0.25) is 9.59 Å². The molecule has 4 heterocycles. The van der Waals surface area contributed by atoms with Crippen LogP contribution in [0.2, 0.25) is 0 Å². The van der Waals surface area contributed by atoms with Crippen LogP contribution in [0.3, 0.4) is 0 Å². The smallest absolute Gasteiger partial charge is 0.333 e. The van der Waals surface area contributed by atoms with Crippen LogP contribution in [-0.4, -0.2) is 70.5 Å². The number of imide groups is 1. The van der Waals surface area contributed by atoms with Crippen molar-refractivity contribution in [3.63, 3.8) is 0 Å². The molecule has 0 aliphatic carbocycles. The van der Waals surface area contributed by atoms with Gasteiger partial charge >= 0.3 is 5.97 Å². The molecule has 182 valence electrons. The number of carbonyl (C=O) groups excluding carboxylic acids is 3. The van der Waals surface area contributed by atoms with Gasteiger partial charge in [-0.25, -0.2) is 19.8 Å². The number of aliphatic imine (C=N–C) groups is 2. The van der Waals surface area contributed by atoms with Gasteiger partial charge in [0.1, 0.15) is 30.4 Å². The Kier molecular flexibility index (Phi) is 6.28. The summed E-state index contributed by atoms with van der Waals surface area (Å²) in [6.45, 7) is 8.95. The number of carbonyl (C=O) groups is 3. The summed E-state index contributed by atoms with van der Waals surface area (Å²) in [5.74, 6) is -0.365. The molecule has 1 saturated heterocycles. The molecule has 1 aromatic heterocycles. The average Bonchev–Trinajstić information content (AvgIpc) is 3.43. The third kappa shape index (κ3) is 5.52. The summed E-state index contributed by atoms with van der Waals surface area (Å²) in [5, 5.41) is 0.540. The van der Waals surface area contributed by atoms with Crippen LogP contribution >= 0.6 is 0 Å². The molecular weight excluding hydrogens is 444 g/mol. The zero-order valence-corrected chi connectivity index (χ0v) is 19.8. The van der Waals surface area contributed by atoms with E-state index in [4.69, 9.17) is 19.0 Å². The molecule has 0 atom stereocenters. The zero-order chi connectivity index (χ0) is 24.5. The normalized spacial score (nSPS) is 20.5. The lowest BCUT2D eigenvalue weighted by molar-refractivity contribution is -0.197. The van der Waals surface area contributed by atoms with E-state index in [0.717, 1.165) is 0 Å². The Labute approximate surface area is 197 Å². The number of pyridine rings is 1. The van der Waals surface area contributed by atoms with E-state index in [2.05, 4.69) is 15.0 Å². The summed E-state index contributed by atoms with van der Waals surface area (Å²) in [4.78, 5) is 53.7. The SMILES string of the molecule is CC1(C)COC(c2cc(OCCCC(=O)ON3C(=O)CCC3=O)cc(C3=NC(C)(C)CO3)n2)=N1. The molecule has 34 heavy (non-hydrogen) atoms. The number of aromatic nitrogens is 1. The van der Waals surface area contributed by atoms with Crippen molar-refractivity contribution in [3.05, 3.63) is 23.5 Å². The second-order valence-electron chi connectivity index (χ2n) is 9.61. The van der Waals surface area contributed by atoms with Crippen LogP contribution in [0.15, 0.2) is 22.1 Å². The first-order chi connectivity index (χ1) is 16.0. The number of hydrogen-bond donors (Lipinski definition) is 0. The van der Waals surface area contributed by atoms with Gasteiger partial charge in [0.2, 0.25) is 11.8 Å². The number of hydroxylamine groups is 2. The van der Waals surface area contributed by atoms with E-state index in [1.54, 1.807) is 12.1 Å². The van der Waals surface area contributed by atoms with Crippen molar-refractivity contribution in [2.24, 2.45) is 9.98 Å². The Morgan fingerprint density at radius 2 is 1.50 bits per heavy atom. The van der Waals surface area contributed by atoms with Gasteiger partial charge in [0, 0.05) is 25.0 Å². The molecule has 0 unspecified atom stereocenters. The van der Waals surface area contributed by atoms with E-state index < -0.39 is 17.8 Å². The van der Waals surface area contributed by atoms with E-state index in [9.17, 15) is 14.4 Å².